The van der Waals surface area contributed by atoms with Gasteiger partial charge in [-0.25, -0.2) is 4.98 Å². The molecule has 23 heavy (non-hydrogen) atoms. The molecule has 0 saturated carbocycles. The highest BCUT2D eigenvalue weighted by Gasteiger charge is 2.12. The molecule has 0 aliphatic carbocycles. The lowest BCUT2D eigenvalue weighted by atomic mass is 10.1. The standard InChI is InChI=1S/C20H21N3/c1-14-4-6-17(7-5-14)8-9-20-22-18-12-15(2)16(3)13-19(18)23(20)11-10-21/h4-7,12-13H,8-9,11H2,1-3H3. The van der Waals surface area contributed by atoms with Crippen molar-refractivity contribution in [2.75, 3.05) is 0 Å². The fraction of sp³-hybridized carbons (Fsp3) is 0.300. The molecule has 116 valence electrons. The molecule has 2 aromatic carbocycles. The maximum Gasteiger partial charge on any atom is 0.111 e. The molecule has 3 heteroatoms. The predicted molar refractivity (Wildman–Crippen MR) is 93.4 cm³/mol. The van der Waals surface area contributed by atoms with E-state index in [4.69, 9.17) is 10.2 Å². The zero-order valence-electron chi connectivity index (χ0n) is 13.9. The fourth-order valence-electron chi connectivity index (χ4n) is 2.88. The molecule has 3 rings (SSSR count). The molecule has 0 bridgehead atoms. The summed E-state index contributed by atoms with van der Waals surface area (Å²) in [5, 5.41) is 9.16. The van der Waals surface area contributed by atoms with Gasteiger partial charge in [0.2, 0.25) is 0 Å². The van der Waals surface area contributed by atoms with Gasteiger partial charge in [0, 0.05) is 6.42 Å². The molecule has 0 N–H and O–H groups in total. The Morgan fingerprint density at radius 1 is 1.00 bits per heavy atom. The van der Waals surface area contributed by atoms with Gasteiger partial charge in [-0.15, -0.1) is 0 Å². The van der Waals surface area contributed by atoms with Crippen LogP contribution >= 0.6 is 0 Å². The highest BCUT2D eigenvalue weighted by molar-refractivity contribution is 5.78. The molecule has 1 aromatic heterocycles. The minimum absolute atomic E-state index is 0.349. The molecule has 0 radical (unpaired) electrons. The number of aryl methyl sites for hydroxylation is 5. The average Bonchev–Trinajstić information content (AvgIpc) is 2.85. The van der Waals surface area contributed by atoms with Gasteiger partial charge in [-0.3, -0.25) is 0 Å². The van der Waals surface area contributed by atoms with E-state index in [0.29, 0.717) is 6.54 Å². The van der Waals surface area contributed by atoms with E-state index in [1.807, 2.05) is 0 Å². The number of imidazole rings is 1. The second-order valence-corrected chi connectivity index (χ2v) is 6.18. The topological polar surface area (TPSA) is 41.6 Å². The van der Waals surface area contributed by atoms with Crippen LogP contribution in [0.25, 0.3) is 11.0 Å². The summed E-state index contributed by atoms with van der Waals surface area (Å²) in [7, 11) is 0. The second-order valence-electron chi connectivity index (χ2n) is 6.18. The van der Waals surface area contributed by atoms with Gasteiger partial charge in [0.05, 0.1) is 17.1 Å². The zero-order chi connectivity index (χ0) is 16.4. The highest BCUT2D eigenvalue weighted by atomic mass is 15.1. The molecule has 0 fully saturated rings. The van der Waals surface area contributed by atoms with E-state index >= 15 is 0 Å². The summed E-state index contributed by atoms with van der Waals surface area (Å²) >= 11 is 0. The molecule has 0 aliphatic rings. The number of hydrogen-bond donors (Lipinski definition) is 0. The summed E-state index contributed by atoms with van der Waals surface area (Å²) in [6.07, 6.45) is 1.78. The number of aromatic nitrogens is 2. The largest absolute Gasteiger partial charge is 0.314 e. The first-order valence-electron chi connectivity index (χ1n) is 7.97. The van der Waals surface area contributed by atoms with Crippen LogP contribution in [-0.2, 0) is 19.4 Å². The van der Waals surface area contributed by atoms with E-state index in [0.717, 1.165) is 29.7 Å². The van der Waals surface area contributed by atoms with Crippen LogP contribution in [0.2, 0.25) is 0 Å². The third kappa shape index (κ3) is 3.12. The summed E-state index contributed by atoms with van der Waals surface area (Å²) in [6.45, 7) is 6.65. The first-order valence-corrected chi connectivity index (χ1v) is 7.97. The van der Waals surface area contributed by atoms with Gasteiger partial charge in [0.25, 0.3) is 0 Å². The molecule has 0 aliphatic heterocycles. The fourth-order valence-corrected chi connectivity index (χ4v) is 2.88. The minimum Gasteiger partial charge on any atom is -0.314 e. The van der Waals surface area contributed by atoms with E-state index in [1.54, 1.807) is 0 Å². The van der Waals surface area contributed by atoms with Crippen molar-refractivity contribution in [2.24, 2.45) is 0 Å². The first kappa shape index (κ1) is 15.3. The van der Waals surface area contributed by atoms with Gasteiger partial charge in [-0.2, -0.15) is 5.26 Å². The van der Waals surface area contributed by atoms with Gasteiger partial charge in [-0.1, -0.05) is 29.8 Å². The number of fused-ring (bicyclic) bond motifs is 1. The Labute approximate surface area is 137 Å². The summed E-state index contributed by atoms with van der Waals surface area (Å²) in [6, 6.07) is 15.1. The maximum atomic E-state index is 9.16. The van der Waals surface area contributed by atoms with Crippen LogP contribution in [0.3, 0.4) is 0 Å². The van der Waals surface area contributed by atoms with Crippen LogP contribution in [0.1, 0.15) is 28.1 Å². The van der Waals surface area contributed by atoms with Gasteiger partial charge < -0.3 is 4.57 Å². The molecule has 0 unspecified atom stereocenters. The van der Waals surface area contributed by atoms with Crippen molar-refractivity contribution in [3.63, 3.8) is 0 Å². The van der Waals surface area contributed by atoms with Crippen LogP contribution in [-0.4, -0.2) is 9.55 Å². The number of nitrogens with zero attached hydrogens (tertiary/aromatic N) is 3. The normalized spacial score (nSPS) is 10.9. The number of rotatable bonds is 4. The lowest BCUT2D eigenvalue weighted by Gasteiger charge is -2.06. The van der Waals surface area contributed by atoms with Crippen LogP contribution < -0.4 is 0 Å². The Bertz CT molecular complexity index is 880. The Morgan fingerprint density at radius 3 is 2.39 bits per heavy atom. The Hall–Kier alpha value is -2.60. The van der Waals surface area contributed by atoms with Crippen molar-refractivity contribution in [1.29, 1.82) is 5.26 Å². The van der Waals surface area contributed by atoms with Gasteiger partial charge in [-0.05, 0) is 56.0 Å². The maximum absolute atomic E-state index is 9.16. The number of benzene rings is 2. The first-order chi connectivity index (χ1) is 11.1. The number of hydrogen-bond acceptors (Lipinski definition) is 2. The molecule has 3 aromatic rings. The molecule has 3 nitrogen and oxygen atoms in total. The SMILES string of the molecule is Cc1ccc(CCc2nc3cc(C)c(C)cc3n2CC#N)cc1. The Morgan fingerprint density at radius 2 is 1.70 bits per heavy atom. The smallest absolute Gasteiger partial charge is 0.111 e. The van der Waals surface area contributed by atoms with E-state index < -0.39 is 0 Å². The van der Waals surface area contributed by atoms with E-state index in [-0.39, 0.29) is 0 Å². The number of nitriles is 1. The van der Waals surface area contributed by atoms with Crippen LogP contribution in [0.15, 0.2) is 36.4 Å². The molecule has 0 amide bonds. The van der Waals surface area contributed by atoms with Crippen molar-refractivity contribution in [2.45, 2.75) is 40.2 Å². The quantitative estimate of drug-likeness (QED) is 0.722. The average molecular weight is 303 g/mol. The third-order valence-corrected chi connectivity index (χ3v) is 4.43. The van der Waals surface area contributed by atoms with E-state index in [2.05, 4.69) is 67.8 Å². The highest BCUT2D eigenvalue weighted by Crippen LogP contribution is 2.22. The molecule has 0 saturated heterocycles. The van der Waals surface area contributed by atoms with E-state index in [9.17, 15) is 0 Å². The van der Waals surface area contributed by atoms with Crippen molar-refractivity contribution in [1.82, 2.24) is 9.55 Å². The van der Waals surface area contributed by atoms with Crippen molar-refractivity contribution >= 4 is 11.0 Å². The lowest BCUT2D eigenvalue weighted by Crippen LogP contribution is -2.04. The van der Waals surface area contributed by atoms with Crippen molar-refractivity contribution in [3.8, 4) is 6.07 Å². The molecular weight excluding hydrogens is 282 g/mol. The zero-order valence-corrected chi connectivity index (χ0v) is 13.9. The molecule has 0 spiro atoms. The minimum atomic E-state index is 0.349. The van der Waals surface area contributed by atoms with Gasteiger partial charge >= 0.3 is 0 Å². The molecule has 0 atom stereocenters. The predicted octanol–water partition coefficient (Wildman–Crippen LogP) is 4.27. The summed E-state index contributed by atoms with van der Waals surface area (Å²) in [5.74, 6) is 0.993. The van der Waals surface area contributed by atoms with Crippen molar-refractivity contribution < 1.29 is 0 Å². The monoisotopic (exact) mass is 303 g/mol. The van der Waals surface area contributed by atoms with Gasteiger partial charge in [0.1, 0.15) is 12.4 Å². The summed E-state index contributed by atoms with van der Waals surface area (Å²) < 4.78 is 2.05. The van der Waals surface area contributed by atoms with Crippen LogP contribution in [0.5, 0.6) is 0 Å². The third-order valence-electron chi connectivity index (χ3n) is 4.43. The lowest BCUT2D eigenvalue weighted by molar-refractivity contribution is 0.748. The summed E-state index contributed by atoms with van der Waals surface area (Å²) in [5.41, 5.74) is 7.11. The van der Waals surface area contributed by atoms with E-state index in [1.165, 1.54) is 22.3 Å². The Balaban J connectivity index is 1.94. The van der Waals surface area contributed by atoms with Crippen LogP contribution in [0.4, 0.5) is 0 Å². The second kappa shape index (κ2) is 6.26. The Kier molecular flexibility index (Phi) is 4.16. The van der Waals surface area contributed by atoms with Crippen molar-refractivity contribution in [3.05, 3.63) is 64.5 Å². The van der Waals surface area contributed by atoms with Gasteiger partial charge in [0.15, 0.2) is 0 Å². The molecule has 1 heterocycles. The van der Waals surface area contributed by atoms with Crippen LogP contribution in [0, 0.1) is 32.1 Å². The summed E-state index contributed by atoms with van der Waals surface area (Å²) in [4.78, 5) is 4.78. The molecular formula is C20H21N3.